The SMILES string of the molecule is O=C(O)c1ccc2c(c1)CCN2C(=O)c1ccc(Cl)s1. The minimum absolute atomic E-state index is 0.0938. The van der Waals surface area contributed by atoms with E-state index < -0.39 is 5.97 Å². The lowest BCUT2D eigenvalue weighted by Crippen LogP contribution is -2.28. The molecule has 0 aliphatic carbocycles. The maximum atomic E-state index is 12.4. The first-order valence-corrected chi connectivity index (χ1v) is 7.19. The summed E-state index contributed by atoms with van der Waals surface area (Å²) in [5.41, 5.74) is 1.92. The van der Waals surface area contributed by atoms with Crippen molar-refractivity contribution in [3.63, 3.8) is 0 Å². The molecule has 1 aromatic carbocycles. The summed E-state index contributed by atoms with van der Waals surface area (Å²) in [5, 5.41) is 8.98. The summed E-state index contributed by atoms with van der Waals surface area (Å²) in [4.78, 5) is 25.6. The highest BCUT2D eigenvalue weighted by molar-refractivity contribution is 7.18. The number of thiophene rings is 1. The highest BCUT2D eigenvalue weighted by Crippen LogP contribution is 2.32. The van der Waals surface area contributed by atoms with Crippen molar-refractivity contribution >= 4 is 40.5 Å². The number of rotatable bonds is 2. The standard InChI is InChI=1S/C14H10ClNO3S/c15-12-4-3-11(20-12)13(17)16-6-5-8-7-9(14(18)19)1-2-10(8)16/h1-4,7H,5-6H2,(H,18,19). The van der Waals surface area contributed by atoms with E-state index in [-0.39, 0.29) is 11.5 Å². The third-order valence-electron chi connectivity index (χ3n) is 3.25. The minimum atomic E-state index is -0.956. The molecule has 1 N–H and O–H groups in total. The molecule has 0 bridgehead atoms. The van der Waals surface area contributed by atoms with E-state index in [1.54, 1.807) is 29.2 Å². The lowest BCUT2D eigenvalue weighted by atomic mass is 10.1. The zero-order valence-corrected chi connectivity index (χ0v) is 11.9. The van der Waals surface area contributed by atoms with E-state index in [1.165, 1.54) is 17.4 Å². The molecule has 0 spiro atoms. The van der Waals surface area contributed by atoms with Crippen LogP contribution in [0.25, 0.3) is 0 Å². The van der Waals surface area contributed by atoms with Crippen molar-refractivity contribution in [2.45, 2.75) is 6.42 Å². The van der Waals surface area contributed by atoms with Crippen LogP contribution in [0, 0.1) is 0 Å². The molecule has 1 aliphatic heterocycles. The van der Waals surface area contributed by atoms with Crippen molar-refractivity contribution in [3.8, 4) is 0 Å². The van der Waals surface area contributed by atoms with Crippen molar-refractivity contribution in [1.29, 1.82) is 0 Å². The molecule has 1 aromatic heterocycles. The molecule has 4 nitrogen and oxygen atoms in total. The Kier molecular flexibility index (Phi) is 3.23. The monoisotopic (exact) mass is 307 g/mol. The van der Waals surface area contributed by atoms with E-state index in [1.807, 2.05) is 0 Å². The number of aromatic carboxylic acids is 1. The topological polar surface area (TPSA) is 57.6 Å². The second kappa shape index (κ2) is 4.92. The average Bonchev–Trinajstić information content (AvgIpc) is 3.03. The van der Waals surface area contributed by atoms with Gasteiger partial charge in [-0.05, 0) is 42.3 Å². The number of carboxylic acid groups (broad SMARTS) is 1. The average molecular weight is 308 g/mol. The van der Waals surface area contributed by atoms with Gasteiger partial charge in [0.15, 0.2) is 0 Å². The molecule has 2 aromatic rings. The molecule has 20 heavy (non-hydrogen) atoms. The third kappa shape index (κ3) is 2.19. The van der Waals surface area contributed by atoms with Crippen LogP contribution in [0.3, 0.4) is 0 Å². The van der Waals surface area contributed by atoms with E-state index in [0.29, 0.717) is 22.2 Å². The van der Waals surface area contributed by atoms with E-state index in [2.05, 4.69) is 0 Å². The second-order valence-electron chi connectivity index (χ2n) is 4.46. The number of hydrogen-bond acceptors (Lipinski definition) is 3. The highest BCUT2D eigenvalue weighted by Gasteiger charge is 2.27. The molecule has 0 saturated carbocycles. The summed E-state index contributed by atoms with van der Waals surface area (Å²) in [7, 11) is 0. The van der Waals surface area contributed by atoms with E-state index in [4.69, 9.17) is 16.7 Å². The number of hydrogen-bond donors (Lipinski definition) is 1. The normalized spacial score (nSPS) is 13.3. The molecule has 1 amide bonds. The second-order valence-corrected chi connectivity index (χ2v) is 6.17. The van der Waals surface area contributed by atoms with Crippen LogP contribution in [0.15, 0.2) is 30.3 Å². The predicted molar refractivity (Wildman–Crippen MR) is 78.1 cm³/mol. The van der Waals surface area contributed by atoms with Crippen molar-refractivity contribution in [2.24, 2.45) is 0 Å². The van der Waals surface area contributed by atoms with Crippen LogP contribution in [0.2, 0.25) is 4.34 Å². The zero-order valence-electron chi connectivity index (χ0n) is 10.3. The Morgan fingerprint density at radius 2 is 2.05 bits per heavy atom. The molecule has 6 heteroatoms. The summed E-state index contributed by atoms with van der Waals surface area (Å²) in [5.74, 6) is -1.05. The Hall–Kier alpha value is -1.85. The van der Waals surface area contributed by atoms with Crippen LogP contribution in [0.4, 0.5) is 5.69 Å². The van der Waals surface area contributed by atoms with Crippen molar-refractivity contribution < 1.29 is 14.7 Å². The van der Waals surface area contributed by atoms with Gasteiger partial charge in [-0.2, -0.15) is 0 Å². The van der Waals surface area contributed by atoms with Gasteiger partial charge in [-0.1, -0.05) is 11.6 Å². The molecule has 0 radical (unpaired) electrons. The van der Waals surface area contributed by atoms with Gasteiger partial charge in [-0.3, -0.25) is 4.79 Å². The molecular weight excluding hydrogens is 298 g/mol. The molecular formula is C14H10ClNO3S. The highest BCUT2D eigenvalue weighted by atomic mass is 35.5. The summed E-state index contributed by atoms with van der Waals surface area (Å²) < 4.78 is 0.578. The van der Waals surface area contributed by atoms with Crippen LogP contribution in [-0.4, -0.2) is 23.5 Å². The number of carbonyl (C=O) groups excluding carboxylic acids is 1. The number of benzene rings is 1. The molecule has 102 valence electrons. The fraction of sp³-hybridized carbons (Fsp3) is 0.143. The number of carbonyl (C=O) groups is 2. The number of carboxylic acids is 1. The van der Waals surface area contributed by atoms with Gasteiger partial charge in [0.05, 0.1) is 14.8 Å². The molecule has 0 unspecified atom stereocenters. The zero-order chi connectivity index (χ0) is 14.3. The van der Waals surface area contributed by atoms with E-state index in [9.17, 15) is 9.59 Å². The summed E-state index contributed by atoms with van der Waals surface area (Å²) in [6.45, 7) is 0.562. The Labute approximate surface area is 124 Å². The largest absolute Gasteiger partial charge is 0.478 e. The maximum absolute atomic E-state index is 12.4. The van der Waals surface area contributed by atoms with Crippen LogP contribution in [0.1, 0.15) is 25.6 Å². The summed E-state index contributed by atoms with van der Waals surface area (Å²) >= 11 is 7.10. The van der Waals surface area contributed by atoms with Gasteiger partial charge < -0.3 is 10.0 Å². The van der Waals surface area contributed by atoms with Gasteiger partial charge in [-0.25, -0.2) is 4.79 Å². The number of anilines is 1. The van der Waals surface area contributed by atoms with Crippen LogP contribution in [-0.2, 0) is 6.42 Å². The molecule has 2 heterocycles. The maximum Gasteiger partial charge on any atom is 0.335 e. The number of fused-ring (bicyclic) bond motifs is 1. The van der Waals surface area contributed by atoms with Gasteiger partial charge in [0, 0.05) is 12.2 Å². The molecule has 0 atom stereocenters. The van der Waals surface area contributed by atoms with Crippen LogP contribution >= 0.6 is 22.9 Å². The number of halogens is 1. The molecule has 0 fully saturated rings. The lowest BCUT2D eigenvalue weighted by Gasteiger charge is -2.16. The fourth-order valence-corrected chi connectivity index (χ4v) is 3.30. The van der Waals surface area contributed by atoms with Gasteiger partial charge in [0.1, 0.15) is 0 Å². The first-order chi connectivity index (χ1) is 9.56. The number of amides is 1. The van der Waals surface area contributed by atoms with Gasteiger partial charge in [-0.15, -0.1) is 11.3 Å². The number of nitrogens with zero attached hydrogens (tertiary/aromatic N) is 1. The molecule has 1 aliphatic rings. The van der Waals surface area contributed by atoms with Crippen LogP contribution in [0.5, 0.6) is 0 Å². The first kappa shape index (κ1) is 13.1. The first-order valence-electron chi connectivity index (χ1n) is 5.99. The van der Waals surface area contributed by atoms with Crippen LogP contribution < -0.4 is 4.90 Å². The van der Waals surface area contributed by atoms with Gasteiger partial charge in [0.2, 0.25) is 0 Å². The molecule has 3 rings (SSSR count). The Morgan fingerprint density at radius 1 is 1.25 bits per heavy atom. The van der Waals surface area contributed by atoms with Crippen molar-refractivity contribution in [2.75, 3.05) is 11.4 Å². The third-order valence-corrected chi connectivity index (χ3v) is 4.47. The Bertz CT molecular complexity index is 710. The van der Waals surface area contributed by atoms with E-state index in [0.717, 1.165) is 11.3 Å². The lowest BCUT2D eigenvalue weighted by molar-refractivity contribution is 0.0696. The van der Waals surface area contributed by atoms with Gasteiger partial charge in [0.25, 0.3) is 5.91 Å². The Morgan fingerprint density at radius 3 is 2.70 bits per heavy atom. The Balaban J connectivity index is 1.93. The molecule has 0 saturated heterocycles. The smallest absolute Gasteiger partial charge is 0.335 e. The van der Waals surface area contributed by atoms with Crippen molar-refractivity contribution in [3.05, 3.63) is 50.7 Å². The summed E-state index contributed by atoms with van der Waals surface area (Å²) in [6.07, 6.45) is 0.668. The quantitative estimate of drug-likeness (QED) is 0.926. The minimum Gasteiger partial charge on any atom is -0.478 e. The van der Waals surface area contributed by atoms with E-state index >= 15 is 0 Å². The van der Waals surface area contributed by atoms with Gasteiger partial charge >= 0.3 is 5.97 Å². The predicted octanol–water partition coefficient (Wildman–Crippen LogP) is 3.30. The van der Waals surface area contributed by atoms with Crippen molar-refractivity contribution in [1.82, 2.24) is 0 Å². The fourth-order valence-electron chi connectivity index (χ4n) is 2.31. The summed E-state index contributed by atoms with van der Waals surface area (Å²) in [6, 6.07) is 8.25.